The number of hydrogen-bond acceptors (Lipinski definition) is 4. The zero-order valence-corrected chi connectivity index (χ0v) is 10.8. The van der Waals surface area contributed by atoms with Crippen molar-refractivity contribution >= 4 is 21.6 Å². The molecule has 1 atom stereocenters. The third-order valence-corrected chi connectivity index (χ3v) is 3.25. The minimum atomic E-state index is -0.424. The van der Waals surface area contributed by atoms with Gasteiger partial charge in [-0.1, -0.05) is 15.9 Å². The lowest BCUT2D eigenvalue weighted by atomic mass is 10.1. The van der Waals surface area contributed by atoms with E-state index in [9.17, 15) is 10.1 Å². The Kier molecular flexibility index (Phi) is 3.96. The van der Waals surface area contributed by atoms with Gasteiger partial charge in [0.15, 0.2) is 5.75 Å². The van der Waals surface area contributed by atoms with Crippen molar-refractivity contribution in [2.45, 2.75) is 6.42 Å². The fourth-order valence-corrected chi connectivity index (χ4v) is 2.17. The maximum Gasteiger partial charge on any atom is 0.312 e. The highest BCUT2D eigenvalue weighted by molar-refractivity contribution is 9.10. The molecule has 0 radical (unpaired) electrons. The van der Waals surface area contributed by atoms with Gasteiger partial charge < -0.3 is 10.1 Å². The van der Waals surface area contributed by atoms with Gasteiger partial charge in [-0.05, 0) is 25.1 Å². The van der Waals surface area contributed by atoms with Gasteiger partial charge in [0, 0.05) is 23.0 Å². The summed E-state index contributed by atoms with van der Waals surface area (Å²) in [4.78, 5) is 10.4. The quantitative estimate of drug-likeness (QED) is 0.685. The number of nitrogens with zero attached hydrogens (tertiary/aromatic N) is 1. The number of nitrogens with one attached hydrogen (secondary N) is 1. The number of hydrogen-bond donors (Lipinski definition) is 1. The first-order valence-corrected chi connectivity index (χ1v) is 6.23. The Hall–Kier alpha value is -1.14. The minimum Gasteiger partial charge on any atom is -0.486 e. The van der Waals surface area contributed by atoms with Gasteiger partial charge in [0.05, 0.1) is 11.5 Å². The Morgan fingerprint density at radius 2 is 2.41 bits per heavy atom. The Bertz CT molecular complexity index is 419. The monoisotopic (exact) mass is 300 g/mol. The van der Waals surface area contributed by atoms with Crippen molar-refractivity contribution in [1.29, 1.82) is 0 Å². The summed E-state index contributed by atoms with van der Waals surface area (Å²) in [7, 11) is 0. The van der Waals surface area contributed by atoms with E-state index in [1.54, 1.807) is 12.1 Å². The summed E-state index contributed by atoms with van der Waals surface area (Å²) < 4.78 is 6.21. The summed E-state index contributed by atoms with van der Waals surface area (Å²) in [6.45, 7) is 2.44. The van der Waals surface area contributed by atoms with Crippen LogP contribution in [0.1, 0.15) is 6.42 Å². The van der Waals surface area contributed by atoms with E-state index in [4.69, 9.17) is 4.74 Å². The Labute approximate surface area is 107 Å². The predicted octanol–water partition coefficient (Wildman–Crippen LogP) is 2.35. The average molecular weight is 301 g/mol. The van der Waals surface area contributed by atoms with E-state index in [-0.39, 0.29) is 5.69 Å². The maximum absolute atomic E-state index is 10.9. The van der Waals surface area contributed by atoms with Gasteiger partial charge in [-0.15, -0.1) is 0 Å². The molecule has 1 aliphatic heterocycles. The fraction of sp³-hybridized carbons (Fsp3) is 0.455. The largest absolute Gasteiger partial charge is 0.486 e. The third kappa shape index (κ3) is 3.17. The lowest BCUT2D eigenvalue weighted by Crippen LogP contribution is -2.15. The molecule has 0 unspecified atom stereocenters. The molecule has 6 heteroatoms. The first-order valence-electron chi connectivity index (χ1n) is 5.44. The zero-order valence-electron chi connectivity index (χ0n) is 9.19. The summed E-state index contributed by atoms with van der Waals surface area (Å²) in [6, 6.07) is 4.84. The molecule has 1 aromatic rings. The van der Waals surface area contributed by atoms with Gasteiger partial charge in [0.25, 0.3) is 0 Å². The summed E-state index contributed by atoms with van der Waals surface area (Å²) in [5.74, 6) is 0.781. The van der Waals surface area contributed by atoms with Crippen LogP contribution in [0.5, 0.6) is 5.75 Å². The summed E-state index contributed by atoms with van der Waals surface area (Å²) in [5.41, 5.74) is 0.00494. The van der Waals surface area contributed by atoms with Gasteiger partial charge in [0.2, 0.25) is 0 Å². The van der Waals surface area contributed by atoms with Crippen molar-refractivity contribution in [3.63, 3.8) is 0 Å². The van der Waals surface area contributed by atoms with E-state index in [1.165, 1.54) is 6.07 Å². The lowest BCUT2D eigenvalue weighted by Gasteiger charge is -2.11. The van der Waals surface area contributed by atoms with Crippen molar-refractivity contribution in [2.24, 2.45) is 5.92 Å². The first kappa shape index (κ1) is 12.3. The molecule has 0 saturated carbocycles. The SMILES string of the molecule is O=[N+]([O-])c1cc(Br)ccc1OC[C@H]1CCNC1. The van der Waals surface area contributed by atoms with Crippen LogP contribution in [-0.2, 0) is 0 Å². The third-order valence-electron chi connectivity index (χ3n) is 2.75. The topological polar surface area (TPSA) is 64.4 Å². The first-order chi connectivity index (χ1) is 8.16. The second-order valence-corrected chi connectivity index (χ2v) is 4.95. The number of nitro benzene ring substituents is 1. The van der Waals surface area contributed by atoms with Crippen LogP contribution < -0.4 is 10.1 Å². The molecule has 0 amide bonds. The normalized spacial score (nSPS) is 19.2. The highest BCUT2D eigenvalue weighted by atomic mass is 79.9. The number of ether oxygens (including phenoxy) is 1. The van der Waals surface area contributed by atoms with Crippen molar-refractivity contribution in [3.05, 3.63) is 32.8 Å². The predicted molar refractivity (Wildman–Crippen MR) is 67.3 cm³/mol. The van der Waals surface area contributed by atoms with Crippen molar-refractivity contribution in [1.82, 2.24) is 5.32 Å². The van der Waals surface area contributed by atoms with Gasteiger partial charge in [0.1, 0.15) is 0 Å². The van der Waals surface area contributed by atoms with E-state index in [0.29, 0.717) is 22.7 Å². The van der Waals surface area contributed by atoms with Crippen LogP contribution in [0.3, 0.4) is 0 Å². The van der Waals surface area contributed by atoms with E-state index in [1.807, 2.05) is 0 Å². The van der Waals surface area contributed by atoms with Crippen LogP contribution in [0, 0.1) is 16.0 Å². The molecule has 1 saturated heterocycles. The molecular weight excluding hydrogens is 288 g/mol. The highest BCUT2D eigenvalue weighted by Gasteiger charge is 2.19. The smallest absolute Gasteiger partial charge is 0.312 e. The van der Waals surface area contributed by atoms with E-state index in [2.05, 4.69) is 21.2 Å². The van der Waals surface area contributed by atoms with Crippen LogP contribution >= 0.6 is 15.9 Å². The highest BCUT2D eigenvalue weighted by Crippen LogP contribution is 2.30. The van der Waals surface area contributed by atoms with Gasteiger partial charge in [-0.2, -0.15) is 0 Å². The van der Waals surface area contributed by atoms with Gasteiger partial charge in [-0.3, -0.25) is 10.1 Å². The molecule has 0 spiro atoms. The van der Waals surface area contributed by atoms with E-state index in [0.717, 1.165) is 19.5 Å². The molecule has 1 fully saturated rings. The minimum absolute atomic E-state index is 0.00494. The Morgan fingerprint density at radius 1 is 1.59 bits per heavy atom. The lowest BCUT2D eigenvalue weighted by molar-refractivity contribution is -0.386. The maximum atomic E-state index is 10.9. The van der Waals surface area contributed by atoms with Crippen LogP contribution in [0.15, 0.2) is 22.7 Å². The number of rotatable bonds is 4. The summed E-state index contributed by atoms with van der Waals surface area (Å²) in [5, 5.41) is 14.1. The van der Waals surface area contributed by atoms with E-state index >= 15 is 0 Å². The second-order valence-electron chi connectivity index (χ2n) is 4.04. The standard InChI is InChI=1S/C11H13BrN2O3/c12-9-1-2-11(10(5-9)14(15)16)17-7-8-3-4-13-6-8/h1-2,5,8,13H,3-4,6-7H2/t8-/m0/s1. The molecule has 1 aliphatic rings. The fourth-order valence-electron chi connectivity index (χ4n) is 1.82. The molecule has 2 rings (SSSR count). The second kappa shape index (κ2) is 5.46. The molecule has 0 aliphatic carbocycles. The van der Waals surface area contributed by atoms with Crippen molar-refractivity contribution in [2.75, 3.05) is 19.7 Å². The molecular formula is C11H13BrN2O3. The summed E-state index contributed by atoms with van der Waals surface area (Å²) >= 11 is 3.21. The Balaban J connectivity index is 2.06. The average Bonchev–Trinajstić information content (AvgIpc) is 2.80. The van der Waals surface area contributed by atoms with Gasteiger partial charge >= 0.3 is 5.69 Å². The molecule has 17 heavy (non-hydrogen) atoms. The van der Waals surface area contributed by atoms with E-state index < -0.39 is 4.92 Å². The van der Waals surface area contributed by atoms with Crippen molar-refractivity contribution < 1.29 is 9.66 Å². The van der Waals surface area contributed by atoms with Crippen molar-refractivity contribution in [3.8, 4) is 5.75 Å². The molecule has 1 heterocycles. The molecule has 0 bridgehead atoms. The molecule has 5 nitrogen and oxygen atoms in total. The number of nitro groups is 1. The van der Waals surface area contributed by atoms with Crippen LogP contribution in [0.2, 0.25) is 0 Å². The summed E-state index contributed by atoms with van der Waals surface area (Å²) in [6.07, 6.45) is 1.06. The van der Waals surface area contributed by atoms with Crippen LogP contribution in [0.4, 0.5) is 5.69 Å². The number of halogens is 1. The molecule has 0 aromatic heterocycles. The van der Waals surface area contributed by atoms with Gasteiger partial charge in [-0.25, -0.2) is 0 Å². The molecule has 1 N–H and O–H groups in total. The van der Waals surface area contributed by atoms with Crippen LogP contribution in [-0.4, -0.2) is 24.6 Å². The molecule has 1 aromatic carbocycles. The Morgan fingerprint density at radius 3 is 3.06 bits per heavy atom. The zero-order chi connectivity index (χ0) is 12.3. The van der Waals surface area contributed by atoms with Crippen LogP contribution in [0.25, 0.3) is 0 Å². The number of benzene rings is 1. The molecule has 92 valence electrons.